The summed E-state index contributed by atoms with van der Waals surface area (Å²) in [4.78, 5) is 26.8. The van der Waals surface area contributed by atoms with Crippen molar-refractivity contribution in [2.45, 2.75) is 32.4 Å². The van der Waals surface area contributed by atoms with Crippen molar-refractivity contribution >= 4 is 17.8 Å². The average molecular weight is 476 g/mol. The first-order chi connectivity index (χ1) is 16.7. The molecule has 1 aromatic heterocycles. The summed E-state index contributed by atoms with van der Waals surface area (Å²) < 4.78 is 13.2. The predicted molar refractivity (Wildman–Crippen MR) is 132 cm³/mol. The van der Waals surface area contributed by atoms with Crippen LogP contribution in [0.2, 0.25) is 0 Å². The molecule has 2 atom stereocenters. The van der Waals surface area contributed by atoms with Crippen molar-refractivity contribution in [3.8, 4) is 22.8 Å². The highest BCUT2D eigenvalue weighted by molar-refractivity contribution is 6.04. The minimum absolute atomic E-state index is 0.0775. The Morgan fingerprint density at radius 1 is 1.03 bits per heavy atom. The Balaban J connectivity index is 1.42. The first-order valence-electron chi connectivity index (χ1n) is 11.7. The van der Waals surface area contributed by atoms with Crippen LogP contribution >= 0.6 is 0 Å². The lowest BCUT2D eigenvalue weighted by molar-refractivity contribution is 0.0285. The minimum Gasteiger partial charge on any atom is -0.457 e. The van der Waals surface area contributed by atoms with Gasteiger partial charge in [-0.3, -0.25) is 4.79 Å². The Morgan fingerprint density at radius 3 is 2.37 bits per heavy atom. The zero-order chi connectivity index (χ0) is 24.7. The fourth-order valence-electron chi connectivity index (χ4n) is 4.62. The zero-order valence-electron chi connectivity index (χ0n) is 20.0. The number of amides is 2. The van der Waals surface area contributed by atoms with Gasteiger partial charge in [0.2, 0.25) is 0 Å². The highest BCUT2D eigenvalue weighted by Crippen LogP contribution is 2.40. The number of carbonyl (C=O) groups excluding carboxylic acids is 2. The summed E-state index contributed by atoms with van der Waals surface area (Å²) in [6.45, 7) is 7.17. The number of hydrogen-bond donors (Lipinski definition) is 2. The van der Waals surface area contributed by atoms with Crippen LogP contribution in [0, 0.1) is 5.92 Å². The third-order valence-electron chi connectivity index (χ3n) is 6.17. The molecule has 5 rings (SSSR count). The highest BCUT2D eigenvalue weighted by Gasteiger charge is 2.43. The maximum absolute atomic E-state index is 12.6. The lowest BCUT2D eigenvalue weighted by Crippen LogP contribution is -2.35. The van der Waals surface area contributed by atoms with Crippen molar-refractivity contribution in [2.24, 2.45) is 11.7 Å². The highest BCUT2D eigenvalue weighted by atomic mass is 16.6. The molecule has 1 fully saturated rings. The summed E-state index contributed by atoms with van der Waals surface area (Å²) in [7, 11) is 0. The number of nitrogens with one attached hydrogen (secondary N) is 1. The maximum atomic E-state index is 12.6. The minimum atomic E-state index is -0.567. The molecule has 182 valence electrons. The Bertz CT molecular complexity index is 1250. The van der Waals surface area contributed by atoms with Crippen LogP contribution in [0.1, 0.15) is 37.2 Å². The van der Waals surface area contributed by atoms with E-state index in [0.717, 1.165) is 11.3 Å². The molecule has 2 aliphatic heterocycles. The van der Waals surface area contributed by atoms with Crippen molar-refractivity contribution in [2.75, 3.05) is 25.0 Å². The first kappa shape index (κ1) is 22.8. The molecular weight excluding hydrogens is 446 g/mol. The molecule has 0 spiro atoms. The predicted octanol–water partition coefficient (Wildman–Crippen LogP) is 4.27. The van der Waals surface area contributed by atoms with Gasteiger partial charge in [0.1, 0.15) is 34.2 Å². The molecule has 35 heavy (non-hydrogen) atoms. The zero-order valence-corrected chi connectivity index (χ0v) is 20.0. The maximum Gasteiger partial charge on any atom is 0.410 e. The smallest absolute Gasteiger partial charge is 0.410 e. The molecule has 3 heterocycles. The Hall–Kier alpha value is -4.01. The van der Waals surface area contributed by atoms with Gasteiger partial charge in [0.15, 0.2) is 0 Å². The number of hydrogen-bond acceptors (Lipinski definition) is 6. The van der Waals surface area contributed by atoms with Crippen LogP contribution < -0.4 is 15.8 Å². The fourth-order valence-corrected chi connectivity index (χ4v) is 4.62. The van der Waals surface area contributed by atoms with Crippen molar-refractivity contribution in [1.29, 1.82) is 0 Å². The number of aromatic nitrogens is 2. The van der Waals surface area contributed by atoms with E-state index in [9.17, 15) is 9.59 Å². The molecule has 0 aliphatic carbocycles. The molecule has 3 N–H and O–H groups in total. The van der Waals surface area contributed by atoms with Gasteiger partial charge in [-0.1, -0.05) is 18.2 Å². The van der Waals surface area contributed by atoms with Gasteiger partial charge in [-0.2, -0.15) is 5.10 Å². The van der Waals surface area contributed by atoms with Crippen LogP contribution in [0.15, 0.2) is 54.6 Å². The number of anilines is 1. The molecule has 0 bridgehead atoms. The number of carbonyl (C=O) groups is 2. The van der Waals surface area contributed by atoms with E-state index in [1.807, 2.05) is 80.1 Å². The number of benzene rings is 2. The molecule has 2 aromatic carbocycles. The number of nitrogens with two attached hydrogens (primary N) is 1. The van der Waals surface area contributed by atoms with E-state index in [4.69, 9.17) is 20.3 Å². The molecule has 0 unspecified atom stereocenters. The van der Waals surface area contributed by atoms with Crippen molar-refractivity contribution in [3.63, 3.8) is 0 Å². The quantitative estimate of drug-likeness (QED) is 0.583. The van der Waals surface area contributed by atoms with Crippen molar-refractivity contribution < 1.29 is 19.1 Å². The number of rotatable bonds is 4. The summed E-state index contributed by atoms with van der Waals surface area (Å²) >= 11 is 0. The third kappa shape index (κ3) is 4.53. The number of ether oxygens (including phenoxy) is 2. The molecule has 9 heteroatoms. The second-order valence-corrected chi connectivity index (χ2v) is 9.91. The second kappa shape index (κ2) is 8.65. The van der Waals surface area contributed by atoms with Crippen LogP contribution in [-0.2, 0) is 4.74 Å². The van der Waals surface area contributed by atoms with Gasteiger partial charge in [0.25, 0.3) is 5.91 Å². The monoisotopic (exact) mass is 475 g/mol. The second-order valence-electron chi connectivity index (χ2n) is 9.91. The van der Waals surface area contributed by atoms with Crippen LogP contribution in [0.25, 0.3) is 11.3 Å². The Morgan fingerprint density at radius 2 is 1.71 bits per heavy atom. The number of likely N-dealkylation sites (tertiary alicyclic amines) is 1. The van der Waals surface area contributed by atoms with Crippen LogP contribution in [-0.4, -0.2) is 51.9 Å². The van der Waals surface area contributed by atoms with E-state index < -0.39 is 11.5 Å². The standard InChI is InChI=1S/C26H29N5O4/c1-26(2,3)35-25(33)30-14-17-13-28-24-21(23(27)32)22(29-31(24)20(17)15-30)16-9-11-19(12-10-16)34-18-7-5-4-6-8-18/h4-12,17,20,28H,13-15H2,1-3H3,(H2,27,32)/t17-,20-/m0/s1. The first-order valence-corrected chi connectivity index (χ1v) is 11.7. The summed E-state index contributed by atoms with van der Waals surface area (Å²) in [6, 6.07) is 16.8. The van der Waals surface area contributed by atoms with Crippen LogP contribution in [0.4, 0.5) is 10.6 Å². The fraction of sp³-hybridized carbons (Fsp3) is 0.346. The average Bonchev–Trinajstić information content (AvgIpc) is 3.41. The van der Waals surface area contributed by atoms with E-state index >= 15 is 0 Å². The molecule has 0 radical (unpaired) electrons. The SMILES string of the molecule is CC(C)(C)OC(=O)N1C[C@@H]2CNc3c(C(N)=O)c(-c4ccc(Oc5ccccc5)cc4)nn3[C@H]2C1. The third-order valence-corrected chi connectivity index (χ3v) is 6.17. The lowest BCUT2D eigenvalue weighted by atomic mass is 10.0. The van der Waals surface area contributed by atoms with E-state index in [-0.39, 0.29) is 18.1 Å². The molecule has 3 aromatic rings. The van der Waals surface area contributed by atoms with Gasteiger partial charge in [0.05, 0.1) is 6.04 Å². The topological polar surface area (TPSA) is 112 Å². The van der Waals surface area contributed by atoms with E-state index in [1.54, 1.807) is 4.90 Å². The van der Waals surface area contributed by atoms with Crippen molar-refractivity contribution in [3.05, 3.63) is 60.2 Å². The number of primary amides is 1. The van der Waals surface area contributed by atoms with E-state index in [1.165, 1.54) is 0 Å². The summed E-state index contributed by atoms with van der Waals surface area (Å²) in [6.07, 6.45) is -0.343. The van der Waals surface area contributed by atoms with E-state index in [2.05, 4.69) is 5.32 Å². The van der Waals surface area contributed by atoms with Gasteiger partial charge in [0, 0.05) is 31.1 Å². The summed E-state index contributed by atoms with van der Waals surface area (Å²) in [5, 5.41) is 8.12. The van der Waals surface area contributed by atoms with Gasteiger partial charge < -0.3 is 25.4 Å². The molecule has 2 amide bonds. The summed E-state index contributed by atoms with van der Waals surface area (Å²) in [5.41, 5.74) is 6.82. The number of nitrogens with zero attached hydrogens (tertiary/aromatic N) is 3. The van der Waals surface area contributed by atoms with Gasteiger partial charge in [-0.15, -0.1) is 0 Å². The Labute approximate surface area is 203 Å². The van der Waals surface area contributed by atoms with Crippen LogP contribution in [0.3, 0.4) is 0 Å². The number of para-hydroxylation sites is 1. The molecule has 0 saturated carbocycles. The number of fused-ring (bicyclic) bond motifs is 3. The van der Waals surface area contributed by atoms with Gasteiger partial charge >= 0.3 is 6.09 Å². The van der Waals surface area contributed by atoms with E-state index in [0.29, 0.717) is 42.5 Å². The molecule has 1 saturated heterocycles. The molecule has 9 nitrogen and oxygen atoms in total. The molecule has 2 aliphatic rings. The molecular formula is C26H29N5O4. The normalized spacial score (nSPS) is 18.9. The largest absolute Gasteiger partial charge is 0.457 e. The van der Waals surface area contributed by atoms with Gasteiger partial charge in [-0.25, -0.2) is 9.48 Å². The Kier molecular flexibility index (Phi) is 5.62. The lowest BCUT2D eigenvalue weighted by Gasteiger charge is -2.27. The summed E-state index contributed by atoms with van der Waals surface area (Å²) in [5.74, 6) is 1.58. The van der Waals surface area contributed by atoms with Crippen molar-refractivity contribution in [1.82, 2.24) is 14.7 Å². The van der Waals surface area contributed by atoms with Gasteiger partial charge in [-0.05, 0) is 57.2 Å². The van der Waals surface area contributed by atoms with Crippen LogP contribution in [0.5, 0.6) is 11.5 Å².